The zero-order chi connectivity index (χ0) is 17.6. The maximum atomic E-state index is 12.4. The molecular formula is C19H19N3O2S. The Bertz CT molecular complexity index is 845. The van der Waals surface area contributed by atoms with Crippen LogP contribution in [0.15, 0.2) is 48.7 Å². The number of nitrogens with one attached hydrogen (secondary N) is 1. The molecule has 0 saturated carbocycles. The van der Waals surface area contributed by atoms with Crippen LogP contribution >= 0.6 is 11.3 Å². The SMILES string of the molecule is COc1ccc(-c2nc(C)c(C(=O)NCCc3ccccn3)s2)cc1. The number of ether oxygens (including phenoxy) is 1. The van der Waals surface area contributed by atoms with Crippen LogP contribution in [0, 0.1) is 6.92 Å². The van der Waals surface area contributed by atoms with Crippen LogP contribution in [0.5, 0.6) is 5.75 Å². The number of pyridine rings is 1. The normalized spacial score (nSPS) is 10.5. The number of carbonyl (C=O) groups is 1. The lowest BCUT2D eigenvalue weighted by Gasteiger charge is -2.03. The first-order valence-electron chi connectivity index (χ1n) is 7.97. The van der Waals surface area contributed by atoms with Gasteiger partial charge in [0.1, 0.15) is 15.6 Å². The molecule has 25 heavy (non-hydrogen) atoms. The van der Waals surface area contributed by atoms with Crippen molar-refractivity contribution < 1.29 is 9.53 Å². The maximum Gasteiger partial charge on any atom is 0.263 e. The van der Waals surface area contributed by atoms with Gasteiger partial charge in [-0.3, -0.25) is 9.78 Å². The van der Waals surface area contributed by atoms with Crippen LogP contribution in [0.25, 0.3) is 10.6 Å². The van der Waals surface area contributed by atoms with Crippen molar-refractivity contribution in [3.8, 4) is 16.3 Å². The van der Waals surface area contributed by atoms with Crippen LogP contribution in [0.4, 0.5) is 0 Å². The third-order valence-electron chi connectivity index (χ3n) is 3.73. The smallest absolute Gasteiger partial charge is 0.263 e. The summed E-state index contributed by atoms with van der Waals surface area (Å²) in [6, 6.07) is 13.4. The molecule has 1 N–H and O–H groups in total. The Kier molecular flexibility index (Phi) is 5.40. The van der Waals surface area contributed by atoms with Crippen molar-refractivity contribution in [1.29, 1.82) is 0 Å². The average molecular weight is 353 g/mol. The van der Waals surface area contributed by atoms with Crippen LogP contribution in [-0.2, 0) is 6.42 Å². The van der Waals surface area contributed by atoms with E-state index in [0.717, 1.165) is 27.7 Å². The number of thiazole rings is 1. The fraction of sp³-hybridized carbons (Fsp3) is 0.211. The van der Waals surface area contributed by atoms with Crippen LogP contribution in [0.2, 0.25) is 0 Å². The summed E-state index contributed by atoms with van der Waals surface area (Å²) in [5.74, 6) is 0.704. The molecule has 0 bridgehead atoms. The number of benzene rings is 1. The number of rotatable bonds is 6. The van der Waals surface area contributed by atoms with E-state index >= 15 is 0 Å². The molecule has 0 atom stereocenters. The van der Waals surface area contributed by atoms with Crippen LogP contribution in [-0.4, -0.2) is 29.5 Å². The van der Waals surface area contributed by atoms with Crippen molar-refractivity contribution in [2.24, 2.45) is 0 Å². The Morgan fingerprint density at radius 3 is 2.68 bits per heavy atom. The predicted octanol–water partition coefficient (Wildman–Crippen LogP) is 3.49. The van der Waals surface area contributed by atoms with Gasteiger partial charge < -0.3 is 10.1 Å². The highest BCUT2D eigenvalue weighted by molar-refractivity contribution is 7.17. The van der Waals surface area contributed by atoms with Gasteiger partial charge >= 0.3 is 0 Å². The second-order valence-corrected chi connectivity index (χ2v) is 6.49. The van der Waals surface area contributed by atoms with E-state index in [1.54, 1.807) is 13.3 Å². The Morgan fingerprint density at radius 1 is 1.20 bits per heavy atom. The molecule has 0 saturated heterocycles. The number of nitrogens with zero attached hydrogens (tertiary/aromatic N) is 2. The average Bonchev–Trinajstić information content (AvgIpc) is 3.04. The summed E-state index contributed by atoms with van der Waals surface area (Å²) in [5, 5.41) is 3.77. The third-order valence-corrected chi connectivity index (χ3v) is 4.94. The Hall–Kier alpha value is -2.73. The van der Waals surface area contributed by atoms with Gasteiger partial charge in [0.15, 0.2) is 0 Å². The molecule has 0 unspecified atom stereocenters. The van der Waals surface area contributed by atoms with E-state index in [-0.39, 0.29) is 5.91 Å². The summed E-state index contributed by atoms with van der Waals surface area (Å²) in [6.07, 6.45) is 2.46. The molecule has 1 aromatic carbocycles. The molecule has 0 aliphatic rings. The lowest BCUT2D eigenvalue weighted by atomic mass is 10.2. The maximum absolute atomic E-state index is 12.4. The summed E-state index contributed by atoms with van der Waals surface area (Å²) in [4.78, 5) is 21.8. The molecule has 0 aliphatic carbocycles. The molecule has 128 valence electrons. The van der Waals surface area contributed by atoms with Crippen LogP contribution in [0.3, 0.4) is 0 Å². The minimum absolute atomic E-state index is 0.0920. The standard InChI is InChI=1S/C19H19N3O2S/c1-13-17(18(23)21-12-10-15-5-3-4-11-20-15)25-19(22-13)14-6-8-16(24-2)9-7-14/h3-9,11H,10,12H2,1-2H3,(H,21,23). The van der Waals surface area contributed by atoms with Gasteiger partial charge in [0.25, 0.3) is 5.91 Å². The molecule has 0 aliphatic heterocycles. The van der Waals surface area contributed by atoms with Crippen molar-refractivity contribution in [3.63, 3.8) is 0 Å². The highest BCUT2D eigenvalue weighted by Crippen LogP contribution is 2.29. The highest BCUT2D eigenvalue weighted by Gasteiger charge is 2.16. The van der Waals surface area contributed by atoms with E-state index in [9.17, 15) is 4.79 Å². The number of carbonyl (C=O) groups excluding carboxylic acids is 1. The topological polar surface area (TPSA) is 64.1 Å². The van der Waals surface area contributed by atoms with E-state index in [4.69, 9.17) is 4.74 Å². The first-order valence-corrected chi connectivity index (χ1v) is 8.79. The molecule has 5 nitrogen and oxygen atoms in total. The molecule has 3 rings (SSSR count). The van der Waals surface area contributed by atoms with E-state index in [1.807, 2.05) is 49.4 Å². The highest BCUT2D eigenvalue weighted by atomic mass is 32.1. The molecular weight excluding hydrogens is 334 g/mol. The second kappa shape index (κ2) is 7.90. The van der Waals surface area contributed by atoms with Gasteiger partial charge in [-0.15, -0.1) is 11.3 Å². The van der Waals surface area contributed by atoms with Gasteiger partial charge in [-0.25, -0.2) is 4.98 Å². The zero-order valence-corrected chi connectivity index (χ0v) is 15.0. The van der Waals surface area contributed by atoms with E-state index in [2.05, 4.69) is 15.3 Å². The minimum atomic E-state index is -0.0920. The number of hydrogen-bond donors (Lipinski definition) is 1. The summed E-state index contributed by atoms with van der Waals surface area (Å²) in [5.41, 5.74) is 2.68. The summed E-state index contributed by atoms with van der Waals surface area (Å²) >= 11 is 1.40. The molecule has 6 heteroatoms. The number of aryl methyl sites for hydroxylation is 1. The van der Waals surface area contributed by atoms with Crippen LogP contribution in [0.1, 0.15) is 21.1 Å². The van der Waals surface area contributed by atoms with Gasteiger partial charge in [-0.2, -0.15) is 0 Å². The molecule has 0 fully saturated rings. The van der Waals surface area contributed by atoms with E-state index in [0.29, 0.717) is 17.8 Å². The lowest BCUT2D eigenvalue weighted by Crippen LogP contribution is -2.25. The second-order valence-electron chi connectivity index (χ2n) is 5.49. The first-order chi connectivity index (χ1) is 12.2. The van der Waals surface area contributed by atoms with Crippen molar-refractivity contribution in [3.05, 3.63) is 64.9 Å². The van der Waals surface area contributed by atoms with Crippen molar-refractivity contribution >= 4 is 17.2 Å². The van der Waals surface area contributed by atoms with E-state index < -0.39 is 0 Å². The number of methoxy groups -OCH3 is 1. The molecule has 0 radical (unpaired) electrons. The molecule has 2 heterocycles. The van der Waals surface area contributed by atoms with Gasteiger partial charge in [0.05, 0.1) is 12.8 Å². The quantitative estimate of drug-likeness (QED) is 0.737. The number of hydrogen-bond acceptors (Lipinski definition) is 5. The fourth-order valence-electron chi connectivity index (χ4n) is 2.39. The molecule has 3 aromatic rings. The monoisotopic (exact) mass is 353 g/mol. The van der Waals surface area contributed by atoms with Crippen molar-refractivity contribution in [1.82, 2.24) is 15.3 Å². The van der Waals surface area contributed by atoms with Gasteiger partial charge in [0, 0.05) is 30.4 Å². The summed E-state index contributed by atoms with van der Waals surface area (Å²) in [6.45, 7) is 2.41. The first kappa shape index (κ1) is 17.1. The largest absolute Gasteiger partial charge is 0.497 e. The Balaban J connectivity index is 1.65. The zero-order valence-electron chi connectivity index (χ0n) is 14.2. The minimum Gasteiger partial charge on any atom is -0.497 e. The van der Waals surface area contributed by atoms with Gasteiger partial charge in [-0.05, 0) is 43.3 Å². The van der Waals surface area contributed by atoms with E-state index in [1.165, 1.54) is 11.3 Å². The molecule has 1 amide bonds. The number of aromatic nitrogens is 2. The summed E-state index contributed by atoms with van der Waals surface area (Å²) in [7, 11) is 1.63. The molecule has 2 aromatic heterocycles. The van der Waals surface area contributed by atoms with Crippen molar-refractivity contribution in [2.75, 3.05) is 13.7 Å². The van der Waals surface area contributed by atoms with Crippen LogP contribution < -0.4 is 10.1 Å². The lowest BCUT2D eigenvalue weighted by molar-refractivity contribution is 0.0957. The van der Waals surface area contributed by atoms with Crippen molar-refractivity contribution in [2.45, 2.75) is 13.3 Å². The fourth-order valence-corrected chi connectivity index (χ4v) is 3.38. The molecule has 0 spiro atoms. The van der Waals surface area contributed by atoms with Gasteiger partial charge in [0.2, 0.25) is 0 Å². The third kappa shape index (κ3) is 4.22. The summed E-state index contributed by atoms with van der Waals surface area (Å²) < 4.78 is 5.17. The predicted molar refractivity (Wildman–Crippen MR) is 99.1 cm³/mol. The Labute approximate surface area is 150 Å². The number of amides is 1. The van der Waals surface area contributed by atoms with Gasteiger partial charge in [-0.1, -0.05) is 6.07 Å². The Morgan fingerprint density at radius 2 is 2.00 bits per heavy atom.